The first-order valence-corrected chi connectivity index (χ1v) is 8.55. The second kappa shape index (κ2) is 7.22. The fourth-order valence-electron chi connectivity index (χ4n) is 3.63. The normalized spacial score (nSPS) is 17.7. The highest BCUT2D eigenvalue weighted by atomic mass is 16.5. The number of hydrogen-bond donors (Lipinski definition) is 0. The number of methoxy groups -OCH3 is 1. The molecule has 1 heterocycles. The molecule has 1 amide bonds. The lowest BCUT2D eigenvalue weighted by Crippen LogP contribution is -2.28. The van der Waals surface area contributed by atoms with Gasteiger partial charge in [-0.05, 0) is 29.4 Å². The Bertz CT molecular complexity index is 727. The Morgan fingerprint density at radius 1 is 1.17 bits per heavy atom. The maximum Gasteiger partial charge on any atom is 0.223 e. The van der Waals surface area contributed by atoms with E-state index in [-0.39, 0.29) is 5.91 Å². The van der Waals surface area contributed by atoms with Crippen molar-refractivity contribution in [2.45, 2.75) is 12.8 Å². The van der Waals surface area contributed by atoms with Gasteiger partial charge in [-0.1, -0.05) is 30.3 Å². The molecule has 0 spiro atoms. The zero-order valence-corrected chi connectivity index (χ0v) is 14.8. The number of ether oxygens (including phenoxy) is 1. The van der Waals surface area contributed by atoms with Crippen molar-refractivity contribution in [2.24, 2.45) is 5.92 Å². The molecule has 1 aliphatic rings. The Morgan fingerprint density at radius 2 is 1.92 bits per heavy atom. The summed E-state index contributed by atoms with van der Waals surface area (Å²) in [6, 6.07) is 13.0. The summed E-state index contributed by atoms with van der Waals surface area (Å²) >= 11 is 0. The molecule has 0 saturated carbocycles. The number of carbonyl (C=O) groups is 1. The van der Waals surface area contributed by atoms with Gasteiger partial charge in [0.1, 0.15) is 0 Å². The summed E-state index contributed by atoms with van der Waals surface area (Å²) in [4.78, 5) is 16.2. The maximum atomic E-state index is 12.2. The van der Waals surface area contributed by atoms with Crippen molar-refractivity contribution in [3.63, 3.8) is 0 Å². The summed E-state index contributed by atoms with van der Waals surface area (Å²) in [7, 11) is 5.83. The number of carbonyl (C=O) groups excluding carboxylic acids is 1. The minimum atomic E-state index is 0.256. The van der Waals surface area contributed by atoms with Crippen molar-refractivity contribution in [3.8, 4) is 0 Å². The van der Waals surface area contributed by atoms with E-state index in [2.05, 4.69) is 55.4 Å². The van der Waals surface area contributed by atoms with Crippen LogP contribution in [0.5, 0.6) is 0 Å². The van der Waals surface area contributed by atoms with Gasteiger partial charge in [0, 0.05) is 51.8 Å². The van der Waals surface area contributed by atoms with Crippen molar-refractivity contribution in [1.82, 2.24) is 4.90 Å². The summed E-state index contributed by atoms with van der Waals surface area (Å²) in [5, 5.41) is 2.58. The summed E-state index contributed by atoms with van der Waals surface area (Å²) in [6.45, 7) is 2.15. The predicted molar refractivity (Wildman–Crippen MR) is 98.5 cm³/mol. The molecule has 0 aromatic heterocycles. The lowest BCUT2D eigenvalue weighted by atomic mass is 9.93. The van der Waals surface area contributed by atoms with Gasteiger partial charge in [-0.25, -0.2) is 0 Å². The van der Waals surface area contributed by atoms with E-state index in [0.717, 1.165) is 13.0 Å². The Labute approximate surface area is 144 Å². The predicted octanol–water partition coefficient (Wildman–Crippen LogP) is 2.94. The van der Waals surface area contributed by atoms with E-state index < -0.39 is 0 Å². The molecule has 3 rings (SSSR count). The van der Waals surface area contributed by atoms with Gasteiger partial charge in [0.15, 0.2) is 0 Å². The Kier molecular flexibility index (Phi) is 5.05. The lowest BCUT2D eigenvalue weighted by molar-refractivity contribution is -0.128. The number of benzene rings is 2. The van der Waals surface area contributed by atoms with Crippen LogP contribution in [0.25, 0.3) is 10.8 Å². The number of nitrogens with zero attached hydrogens (tertiary/aromatic N) is 2. The Morgan fingerprint density at radius 3 is 2.62 bits per heavy atom. The molecule has 2 aromatic carbocycles. The third-order valence-electron chi connectivity index (χ3n) is 4.84. The molecule has 128 valence electrons. The van der Waals surface area contributed by atoms with Gasteiger partial charge in [0.2, 0.25) is 5.91 Å². The molecular formula is C20H26N2O2. The molecule has 1 aliphatic heterocycles. The van der Waals surface area contributed by atoms with Crippen molar-refractivity contribution in [2.75, 3.05) is 45.8 Å². The number of amides is 1. The molecule has 1 fully saturated rings. The molecule has 0 radical (unpaired) electrons. The van der Waals surface area contributed by atoms with Crippen LogP contribution in [-0.4, -0.2) is 51.7 Å². The SMILES string of the molecule is COCCN1C[C@@H](Cc2ccc(N(C)C)c3ccccc23)CC1=O. The van der Waals surface area contributed by atoms with Gasteiger partial charge < -0.3 is 14.5 Å². The van der Waals surface area contributed by atoms with Crippen LogP contribution in [0.1, 0.15) is 12.0 Å². The highest BCUT2D eigenvalue weighted by Crippen LogP contribution is 2.31. The monoisotopic (exact) mass is 326 g/mol. The molecule has 4 nitrogen and oxygen atoms in total. The Hall–Kier alpha value is -2.07. The molecule has 2 aromatic rings. The third-order valence-corrected chi connectivity index (χ3v) is 4.84. The summed E-state index contributed by atoms with van der Waals surface area (Å²) in [6.07, 6.45) is 1.59. The number of hydrogen-bond acceptors (Lipinski definition) is 3. The average Bonchev–Trinajstić information content (AvgIpc) is 2.92. The topological polar surface area (TPSA) is 32.8 Å². The van der Waals surface area contributed by atoms with Crippen LogP contribution >= 0.6 is 0 Å². The first-order valence-electron chi connectivity index (χ1n) is 8.55. The zero-order valence-electron chi connectivity index (χ0n) is 14.8. The van der Waals surface area contributed by atoms with E-state index in [1.165, 1.54) is 22.0 Å². The molecule has 0 aliphatic carbocycles. The van der Waals surface area contributed by atoms with Crippen LogP contribution < -0.4 is 4.90 Å². The van der Waals surface area contributed by atoms with Gasteiger partial charge in [0.05, 0.1) is 6.61 Å². The van der Waals surface area contributed by atoms with Gasteiger partial charge in [-0.2, -0.15) is 0 Å². The van der Waals surface area contributed by atoms with E-state index >= 15 is 0 Å². The largest absolute Gasteiger partial charge is 0.383 e. The first kappa shape index (κ1) is 16.8. The standard InChI is InChI=1S/C20H26N2O2/c1-21(2)19-9-8-16(17-6-4-5-7-18(17)19)12-15-13-20(23)22(14-15)10-11-24-3/h4-9,15H,10-14H2,1-3H3/t15-/m0/s1. The second-order valence-corrected chi connectivity index (χ2v) is 6.79. The third kappa shape index (κ3) is 3.39. The van der Waals surface area contributed by atoms with Gasteiger partial charge >= 0.3 is 0 Å². The van der Waals surface area contributed by atoms with Crippen molar-refractivity contribution >= 4 is 22.4 Å². The number of fused-ring (bicyclic) bond motifs is 1. The summed E-state index contributed by atoms with van der Waals surface area (Å²) in [5.74, 6) is 0.647. The minimum absolute atomic E-state index is 0.256. The molecule has 4 heteroatoms. The van der Waals surface area contributed by atoms with E-state index in [9.17, 15) is 4.79 Å². The lowest BCUT2D eigenvalue weighted by Gasteiger charge is -2.19. The van der Waals surface area contributed by atoms with Crippen LogP contribution in [0.15, 0.2) is 36.4 Å². The number of rotatable bonds is 6. The van der Waals surface area contributed by atoms with Crippen molar-refractivity contribution in [1.29, 1.82) is 0 Å². The number of anilines is 1. The number of likely N-dealkylation sites (tertiary alicyclic amines) is 1. The van der Waals surface area contributed by atoms with E-state index in [1.54, 1.807) is 7.11 Å². The van der Waals surface area contributed by atoms with E-state index in [1.807, 2.05) is 4.90 Å². The molecule has 0 unspecified atom stereocenters. The molecule has 1 saturated heterocycles. The van der Waals surface area contributed by atoms with Crippen LogP contribution in [0.3, 0.4) is 0 Å². The van der Waals surface area contributed by atoms with Crippen LogP contribution in [0.2, 0.25) is 0 Å². The fraction of sp³-hybridized carbons (Fsp3) is 0.450. The van der Waals surface area contributed by atoms with Crippen LogP contribution in [0.4, 0.5) is 5.69 Å². The second-order valence-electron chi connectivity index (χ2n) is 6.79. The van der Waals surface area contributed by atoms with Crippen molar-refractivity contribution < 1.29 is 9.53 Å². The van der Waals surface area contributed by atoms with Crippen LogP contribution in [-0.2, 0) is 16.0 Å². The highest BCUT2D eigenvalue weighted by Gasteiger charge is 2.29. The first-order chi connectivity index (χ1) is 11.6. The smallest absolute Gasteiger partial charge is 0.223 e. The van der Waals surface area contributed by atoms with E-state index in [4.69, 9.17) is 4.74 Å². The van der Waals surface area contributed by atoms with Gasteiger partial charge in [-0.3, -0.25) is 4.79 Å². The molecule has 0 N–H and O–H groups in total. The van der Waals surface area contributed by atoms with Crippen molar-refractivity contribution in [3.05, 3.63) is 42.0 Å². The summed E-state index contributed by atoms with van der Waals surface area (Å²) in [5.41, 5.74) is 2.57. The molecule has 1 atom stereocenters. The van der Waals surface area contributed by atoms with Crippen LogP contribution in [0, 0.1) is 5.92 Å². The maximum absolute atomic E-state index is 12.2. The highest BCUT2D eigenvalue weighted by molar-refractivity contribution is 5.96. The van der Waals surface area contributed by atoms with Gasteiger partial charge in [-0.15, -0.1) is 0 Å². The zero-order chi connectivity index (χ0) is 17.1. The van der Waals surface area contributed by atoms with Gasteiger partial charge in [0.25, 0.3) is 0 Å². The average molecular weight is 326 g/mol. The van der Waals surface area contributed by atoms with E-state index in [0.29, 0.717) is 25.5 Å². The minimum Gasteiger partial charge on any atom is -0.383 e. The quantitative estimate of drug-likeness (QED) is 0.818. The Balaban J connectivity index is 1.81. The summed E-state index contributed by atoms with van der Waals surface area (Å²) < 4.78 is 5.10. The molecule has 0 bridgehead atoms. The fourth-order valence-corrected chi connectivity index (χ4v) is 3.63. The molecule has 24 heavy (non-hydrogen) atoms. The molecular weight excluding hydrogens is 300 g/mol.